The summed E-state index contributed by atoms with van der Waals surface area (Å²) in [6.45, 7) is 3.96. The maximum atomic E-state index is 13.4. The van der Waals surface area contributed by atoms with E-state index in [1.807, 2.05) is 24.4 Å². The fourth-order valence-corrected chi connectivity index (χ4v) is 4.31. The molecular formula is C22H25FN4O2S. The molecule has 6 nitrogen and oxygen atoms in total. The molecule has 4 rings (SSSR count). The van der Waals surface area contributed by atoms with E-state index in [0.717, 1.165) is 37.2 Å². The lowest BCUT2D eigenvalue weighted by Crippen LogP contribution is -2.40. The number of carbonyl (C=O) groups is 1. The summed E-state index contributed by atoms with van der Waals surface area (Å²) in [5.41, 5.74) is 0.656. The molecule has 1 unspecified atom stereocenters. The van der Waals surface area contributed by atoms with Crippen molar-refractivity contribution in [1.82, 2.24) is 19.7 Å². The van der Waals surface area contributed by atoms with Crippen molar-refractivity contribution in [2.24, 2.45) is 0 Å². The first-order valence-electron chi connectivity index (χ1n) is 10.3. The van der Waals surface area contributed by atoms with E-state index in [1.54, 1.807) is 21.7 Å². The molecule has 0 radical (unpaired) electrons. The van der Waals surface area contributed by atoms with Crippen LogP contribution in [0.4, 0.5) is 4.39 Å². The van der Waals surface area contributed by atoms with E-state index in [0.29, 0.717) is 24.6 Å². The van der Waals surface area contributed by atoms with E-state index in [9.17, 15) is 9.18 Å². The van der Waals surface area contributed by atoms with Gasteiger partial charge in [0.2, 0.25) is 5.82 Å². The minimum absolute atomic E-state index is 0.0604. The second kappa shape index (κ2) is 9.49. The Morgan fingerprint density at radius 2 is 2.13 bits per heavy atom. The highest BCUT2D eigenvalue weighted by atomic mass is 32.1. The number of amides is 1. The smallest absolute Gasteiger partial charge is 0.293 e. The summed E-state index contributed by atoms with van der Waals surface area (Å²) in [5.74, 6) is 0.191. The summed E-state index contributed by atoms with van der Waals surface area (Å²) in [7, 11) is 0. The summed E-state index contributed by atoms with van der Waals surface area (Å²) >= 11 is 1.52. The predicted octanol–water partition coefficient (Wildman–Crippen LogP) is 4.56. The first-order valence-corrected chi connectivity index (χ1v) is 11.2. The van der Waals surface area contributed by atoms with Crippen molar-refractivity contribution < 1.29 is 13.9 Å². The Balaban J connectivity index is 1.65. The SMILES string of the molecule is CCCN(CC1CCCCO1)C(=O)c1nc(-c2cccs2)n(-c2ccc(F)cc2)n1. The van der Waals surface area contributed by atoms with Crippen LogP contribution in [0.15, 0.2) is 41.8 Å². The van der Waals surface area contributed by atoms with Crippen LogP contribution in [0.25, 0.3) is 16.4 Å². The molecule has 8 heteroatoms. The van der Waals surface area contributed by atoms with Gasteiger partial charge in [-0.15, -0.1) is 16.4 Å². The number of carbonyl (C=O) groups excluding carboxylic acids is 1. The summed E-state index contributed by atoms with van der Waals surface area (Å²) in [6, 6.07) is 9.88. The third-order valence-electron chi connectivity index (χ3n) is 5.09. The van der Waals surface area contributed by atoms with Crippen LogP contribution in [0, 0.1) is 5.82 Å². The van der Waals surface area contributed by atoms with Crippen LogP contribution < -0.4 is 0 Å². The number of nitrogens with zero attached hydrogens (tertiary/aromatic N) is 4. The fraction of sp³-hybridized carbons (Fsp3) is 0.409. The largest absolute Gasteiger partial charge is 0.376 e. The third-order valence-corrected chi connectivity index (χ3v) is 5.96. The van der Waals surface area contributed by atoms with Gasteiger partial charge in [0.15, 0.2) is 5.82 Å². The van der Waals surface area contributed by atoms with E-state index >= 15 is 0 Å². The van der Waals surface area contributed by atoms with Crippen molar-refractivity contribution >= 4 is 17.2 Å². The molecule has 30 heavy (non-hydrogen) atoms. The van der Waals surface area contributed by atoms with Gasteiger partial charge in [-0.25, -0.2) is 14.1 Å². The van der Waals surface area contributed by atoms with Crippen LogP contribution in [-0.4, -0.2) is 51.4 Å². The summed E-state index contributed by atoms with van der Waals surface area (Å²) in [6.07, 6.45) is 4.07. The molecule has 0 bridgehead atoms. The summed E-state index contributed by atoms with van der Waals surface area (Å²) < 4.78 is 20.9. The minimum atomic E-state index is -0.325. The molecule has 1 fully saturated rings. The Morgan fingerprint density at radius 3 is 2.80 bits per heavy atom. The van der Waals surface area contributed by atoms with Crippen LogP contribution in [-0.2, 0) is 4.74 Å². The Hall–Kier alpha value is -2.58. The molecule has 0 N–H and O–H groups in total. The second-order valence-electron chi connectivity index (χ2n) is 7.36. The second-order valence-corrected chi connectivity index (χ2v) is 8.31. The molecule has 1 amide bonds. The van der Waals surface area contributed by atoms with Gasteiger partial charge >= 0.3 is 0 Å². The lowest BCUT2D eigenvalue weighted by molar-refractivity contribution is -0.00407. The zero-order valence-corrected chi connectivity index (χ0v) is 17.8. The highest BCUT2D eigenvalue weighted by Crippen LogP contribution is 2.26. The number of ether oxygens (including phenoxy) is 1. The van der Waals surface area contributed by atoms with Gasteiger partial charge in [0.25, 0.3) is 5.91 Å². The van der Waals surface area contributed by atoms with Gasteiger partial charge in [0.1, 0.15) is 5.82 Å². The molecule has 1 aromatic carbocycles. The zero-order chi connectivity index (χ0) is 20.9. The number of aromatic nitrogens is 3. The first-order chi connectivity index (χ1) is 14.7. The Bertz CT molecular complexity index is 966. The molecule has 1 saturated heterocycles. The molecule has 2 aromatic heterocycles. The summed E-state index contributed by atoms with van der Waals surface area (Å²) in [5, 5.41) is 6.47. The van der Waals surface area contributed by atoms with Gasteiger partial charge in [0, 0.05) is 19.7 Å². The quantitative estimate of drug-likeness (QED) is 0.554. The molecule has 0 saturated carbocycles. The maximum absolute atomic E-state index is 13.4. The number of thiophene rings is 1. The van der Waals surface area contributed by atoms with Crippen LogP contribution in [0.1, 0.15) is 43.2 Å². The molecule has 3 heterocycles. The first kappa shape index (κ1) is 20.7. The predicted molar refractivity (Wildman–Crippen MR) is 114 cm³/mol. The van der Waals surface area contributed by atoms with Gasteiger partial charge in [-0.3, -0.25) is 4.79 Å². The molecule has 158 valence electrons. The number of halogens is 1. The zero-order valence-electron chi connectivity index (χ0n) is 17.0. The molecule has 1 aliphatic rings. The fourth-order valence-electron chi connectivity index (χ4n) is 3.61. The number of benzene rings is 1. The van der Waals surface area contributed by atoms with E-state index in [-0.39, 0.29) is 23.7 Å². The maximum Gasteiger partial charge on any atom is 0.293 e. The molecular weight excluding hydrogens is 403 g/mol. The van der Waals surface area contributed by atoms with Crippen LogP contribution >= 0.6 is 11.3 Å². The van der Waals surface area contributed by atoms with Crippen molar-refractivity contribution in [2.75, 3.05) is 19.7 Å². The lowest BCUT2D eigenvalue weighted by Gasteiger charge is -2.29. The molecule has 3 aromatic rings. The Morgan fingerprint density at radius 1 is 1.30 bits per heavy atom. The average molecular weight is 429 g/mol. The van der Waals surface area contributed by atoms with Crippen molar-refractivity contribution in [2.45, 2.75) is 38.7 Å². The van der Waals surface area contributed by atoms with Gasteiger partial charge in [-0.2, -0.15) is 0 Å². The standard InChI is InChI=1S/C22H25FN4O2S/c1-2-12-26(15-18-6-3-4-13-29-18)22(28)20-24-21(19-7-5-14-30-19)27(25-20)17-10-8-16(23)9-11-17/h5,7-11,14,18H,2-4,6,12-13,15H2,1H3. The third kappa shape index (κ3) is 4.60. The monoisotopic (exact) mass is 428 g/mol. The van der Waals surface area contributed by atoms with Gasteiger partial charge < -0.3 is 9.64 Å². The minimum Gasteiger partial charge on any atom is -0.376 e. The van der Waals surface area contributed by atoms with Crippen molar-refractivity contribution in [3.05, 3.63) is 53.4 Å². The van der Waals surface area contributed by atoms with Crippen molar-refractivity contribution in [1.29, 1.82) is 0 Å². The molecule has 1 aliphatic heterocycles. The van der Waals surface area contributed by atoms with Gasteiger partial charge in [-0.05, 0) is 61.4 Å². The van der Waals surface area contributed by atoms with Crippen LogP contribution in [0.3, 0.4) is 0 Å². The van der Waals surface area contributed by atoms with E-state index in [4.69, 9.17) is 4.74 Å². The number of hydrogen-bond donors (Lipinski definition) is 0. The van der Waals surface area contributed by atoms with Crippen molar-refractivity contribution in [3.8, 4) is 16.4 Å². The normalized spacial score (nSPS) is 16.5. The van der Waals surface area contributed by atoms with E-state index in [1.165, 1.54) is 23.5 Å². The van der Waals surface area contributed by atoms with Gasteiger partial charge in [0.05, 0.1) is 16.7 Å². The summed E-state index contributed by atoms with van der Waals surface area (Å²) in [4.78, 5) is 20.6. The van der Waals surface area contributed by atoms with Crippen LogP contribution in [0.2, 0.25) is 0 Å². The van der Waals surface area contributed by atoms with E-state index < -0.39 is 0 Å². The molecule has 0 spiro atoms. The van der Waals surface area contributed by atoms with Crippen molar-refractivity contribution in [3.63, 3.8) is 0 Å². The molecule has 1 atom stereocenters. The topological polar surface area (TPSA) is 60.2 Å². The highest BCUT2D eigenvalue weighted by molar-refractivity contribution is 7.13. The van der Waals surface area contributed by atoms with Gasteiger partial charge in [-0.1, -0.05) is 13.0 Å². The number of rotatable bonds is 7. The highest BCUT2D eigenvalue weighted by Gasteiger charge is 2.26. The molecule has 0 aliphatic carbocycles. The lowest BCUT2D eigenvalue weighted by atomic mass is 10.1. The Kier molecular flexibility index (Phi) is 6.54. The number of hydrogen-bond acceptors (Lipinski definition) is 5. The average Bonchev–Trinajstić information content (AvgIpc) is 3.44. The van der Waals surface area contributed by atoms with Crippen LogP contribution in [0.5, 0.6) is 0 Å². The Labute approximate surface area is 179 Å². The van der Waals surface area contributed by atoms with E-state index in [2.05, 4.69) is 10.1 Å².